The number of fused-ring (bicyclic) bond motifs is 15. The fraction of sp³-hybridized carbons (Fsp3) is 0.144. The molecule has 5 aliphatic carbocycles. The second kappa shape index (κ2) is 32.1. The van der Waals surface area contributed by atoms with Crippen LogP contribution in [0.4, 0.5) is 17.6 Å². The molecule has 0 saturated carbocycles. The molecule has 0 aliphatic heterocycles. The zero-order chi connectivity index (χ0) is 83.1. The summed E-state index contributed by atoms with van der Waals surface area (Å²) in [6, 6.07) is 53.3. The normalized spacial score (nSPS) is 13.1. The number of H-pyrrole nitrogens is 2. The van der Waals surface area contributed by atoms with E-state index in [1.54, 1.807) is 127 Å². The first-order valence-electron chi connectivity index (χ1n) is 37.0. The number of Topliss-reactive ketones (excluding diaryl/α,β-unsaturated/α-hetero) is 10. The van der Waals surface area contributed by atoms with Crippen LogP contribution in [-0.2, 0) is 39.3 Å². The number of alkyl halides is 2. The number of halogens is 4. The van der Waals surface area contributed by atoms with Crippen LogP contribution in [0.3, 0.4) is 0 Å². The maximum Gasteiger partial charge on any atom is 0.301 e. The molecule has 7 heterocycles. The Bertz CT molecular complexity index is 6290. The summed E-state index contributed by atoms with van der Waals surface area (Å²) in [6.07, 6.45) is 6.91. The maximum atomic E-state index is 13.3. The lowest BCUT2D eigenvalue weighted by molar-refractivity contribution is 0.00853. The summed E-state index contributed by atoms with van der Waals surface area (Å²) in [5.41, 5.74) is 10.2. The minimum atomic E-state index is -3.20. The second-order valence-electron chi connectivity index (χ2n) is 28.4. The number of aromatic amines is 2. The number of hydrogen-bond acceptors (Lipinski definition) is 19. The predicted molar refractivity (Wildman–Crippen MR) is 421 cm³/mol. The first-order valence-corrected chi connectivity index (χ1v) is 37.0. The van der Waals surface area contributed by atoms with Gasteiger partial charge in [-0.05, 0) is 77.9 Å². The van der Waals surface area contributed by atoms with E-state index in [9.17, 15) is 65.5 Å². The number of pyridine rings is 2. The third-order valence-corrected chi connectivity index (χ3v) is 19.9. The molecular formula is C90H66F4N12O12. The molecule has 586 valence electrons. The standard InChI is InChI=1S/2C20H17N3O2.C19H13FN2O3.C18H11FN2O3.C13H8F2N2O2/c1-12(2)20-22-16-14-7-3-4-8-15(14)18(24)19(25)17(16)23(20)11-13-6-5-9-21-10-13;1-12(2)20-22-16-14-5-3-4-6-15(14)18(24)19(25)17(16)23(20)11-13-7-9-21-10-8-13;1-22-15(10-25-12-8-6-11(20)7-9-12)21-16-13-4-2-3-5-14(13)18(23)19(24)17(16)22;19-10-5-7-11(8-6-10)24-9-14-20-15-12-3-1-2-4-13(12)17(22)18(23)16(15)21-14;1-13(14,15)12-16-8-6-4-2-3-5-7(6)10(18)11(19)9(8)17-12/h2*3-10,12H,11H2,1-2H3;2-9H,10H2,1H3;1-8H,9H2,(H,20,21);2-5H,1H3,(H,16,17). The highest BCUT2D eigenvalue weighted by molar-refractivity contribution is 6.55. The number of hydrogen-bond donors (Lipinski definition) is 2. The summed E-state index contributed by atoms with van der Waals surface area (Å²) in [4.78, 5) is 159. The Morgan fingerprint density at radius 2 is 0.746 bits per heavy atom. The van der Waals surface area contributed by atoms with E-state index in [-0.39, 0.29) is 65.0 Å². The van der Waals surface area contributed by atoms with E-state index in [1.807, 2.05) is 85.4 Å². The van der Waals surface area contributed by atoms with E-state index < -0.39 is 69.6 Å². The lowest BCUT2D eigenvalue weighted by Crippen LogP contribution is -2.24. The van der Waals surface area contributed by atoms with Gasteiger partial charge in [0.25, 0.3) is 28.9 Å². The van der Waals surface area contributed by atoms with Crippen molar-refractivity contribution in [3.05, 3.63) is 327 Å². The number of carbonyl (C=O) groups excluding carboxylic acids is 10. The Balaban J connectivity index is 0.000000116. The smallest absolute Gasteiger partial charge is 0.301 e. The van der Waals surface area contributed by atoms with Gasteiger partial charge in [-0.15, -0.1) is 0 Å². The Kier molecular flexibility index (Phi) is 21.2. The van der Waals surface area contributed by atoms with Gasteiger partial charge in [0.1, 0.15) is 117 Å². The summed E-state index contributed by atoms with van der Waals surface area (Å²) in [5, 5.41) is 0. The molecule has 0 bridgehead atoms. The lowest BCUT2D eigenvalue weighted by atomic mass is 9.90. The molecule has 14 aromatic rings. The predicted octanol–water partition coefficient (Wildman–Crippen LogP) is 15.9. The number of nitrogens with one attached hydrogen (secondary N) is 2. The maximum absolute atomic E-state index is 13.3. The molecule has 19 rings (SSSR count). The van der Waals surface area contributed by atoms with Gasteiger partial charge in [0, 0.05) is 113 Å². The molecule has 7 aromatic carbocycles. The number of imidazole rings is 5. The zero-order valence-electron chi connectivity index (χ0n) is 63.7. The van der Waals surface area contributed by atoms with Crippen molar-refractivity contribution < 1.29 is 75.0 Å². The van der Waals surface area contributed by atoms with Crippen LogP contribution in [0.25, 0.3) is 56.3 Å². The highest BCUT2D eigenvalue weighted by Crippen LogP contribution is 2.41. The lowest BCUT2D eigenvalue weighted by Gasteiger charge is -2.17. The molecule has 28 heteroatoms. The number of carbonyl (C=O) groups is 10. The molecule has 5 aliphatic rings. The highest BCUT2D eigenvalue weighted by atomic mass is 19.3. The van der Waals surface area contributed by atoms with E-state index in [0.717, 1.165) is 33.9 Å². The third kappa shape index (κ3) is 14.9. The Hall–Kier alpha value is -15.1. The third-order valence-electron chi connectivity index (χ3n) is 19.9. The van der Waals surface area contributed by atoms with Crippen molar-refractivity contribution >= 4 is 57.8 Å². The number of aromatic nitrogens is 12. The molecule has 0 fully saturated rings. The topological polar surface area (TPSA) is 326 Å². The van der Waals surface area contributed by atoms with Crippen LogP contribution in [0.5, 0.6) is 11.5 Å². The summed E-state index contributed by atoms with van der Waals surface area (Å²) < 4.78 is 68.8. The van der Waals surface area contributed by atoms with Gasteiger partial charge >= 0.3 is 5.92 Å². The van der Waals surface area contributed by atoms with Gasteiger partial charge in [0.2, 0.25) is 28.9 Å². The monoisotopic (exact) mass is 1580 g/mol. The average molecular weight is 1580 g/mol. The van der Waals surface area contributed by atoms with Gasteiger partial charge in [0.15, 0.2) is 5.82 Å². The highest BCUT2D eigenvalue weighted by Gasteiger charge is 2.42. The first kappa shape index (κ1) is 78.2. The molecule has 24 nitrogen and oxygen atoms in total. The van der Waals surface area contributed by atoms with E-state index >= 15 is 0 Å². The van der Waals surface area contributed by atoms with Gasteiger partial charge in [-0.2, -0.15) is 8.78 Å². The van der Waals surface area contributed by atoms with Crippen molar-refractivity contribution in [2.75, 3.05) is 0 Å². The quantitative estimate of drug-likeness (QED) is 0.0800. The van der Waals surface area contributed by atoms with Gasteiger partial charge in [-0.1, -0.05) is 155 Å². The fourth-order valence-corrected chi connectivity index (χ4v) is 14.2. The van der Waals surface area contributed by atoms with Crippen molar-refractivity contribution in [1.82, 2.24) is 58.6 Å². The molecule has 118 heavy (non-hydrogen) atoms. The molecule has 0 spiro atoms. The number of rotatable bonds is 13. The molecule has 7 aromatic heterocycles. The largest absolute Gasteiger partial charge is 0.486 e. The van der Waals surface area contributed by atoms with Crippen molar-refractivity contribution in [2.24, 2.45) is 7.05 Å². The van der Waals surface area contributed by atoms with Gasteiger partial charge < -0.3 is 33.1 Å². The van der Waals surface area contributed by atoms with Gasteiger partial charge in [-0.3, -0.25) is 57.9 Å². The zero-order valence-corrected chi connectivity index (χ0v) is 63.7. The van der Waals surface area contributed by atoms with E-state index in [1.165, 1.54) is 54.6 Å². The fourth-order valence-electron chi connectivity index (χ4n) is 14.2. The molecule has 0 saturated heterocycles. The molecular weight excluding hydrogens is 1520 g/mol. The number of ether oxygens (including phenoxy) is 2. The minimum absolute atomic E-state index is 0.0717. The Morgan fingerprint density at radius 3 is 1.16 bits per heavy atom. The minimum Gasteiger partial charge on any atom is -0.486 e. The van der Waals surface area contributed by atoms with Crippen molar-refractivity contribution in [1.29, 1.82) is 0 Å². The van der Waals surface area contributed by atoms with E-state index in [0.29, 0.717) is 116 Å². The van der Waals surface area contributed by atoms with Crippen LogP contribution < -0.4 is 9.47 Å². The van der Waals surface area contributed by atoms with E-state index in [4.69, 9.17) is 19.4 Å². The first-order chi connectivity index (χ1) is 56.7. The van der Waals surface area contributed by atoms with Crippen molar-refractivity contribution in [2.45, 2.75) is 78.7 Å². The summed E-state index contributed by atoms with van der Waals surface area (Å²) >= 11 is 0. The number of nitrogens with zero attached hydrogens (tertiary/aromatic N) is 10. The van der Waals surface area contributed by atoms with E-state index in [2.05, 4.69) is 34.9 Å². The second-order valence-corrected chi connectivity index (χ2v) is 28.4. The van der Waals surface area contributed by atoms with Crippen LogP contribution in [-0.4, -0.2) is 116 Å². The molecule has 0 amide bonds. The molecule has 2 N–H and O–H groups in total. The number of ketones is 10. The molecule has 0 unspecified atom stereocenters. The van der Waals surface area contributed by atoms with Crippen molar-refractivity contribution in [3.8, 4) is 67.8 Å². The van der Waals surface area contributed by atoms with Crippen LogP contribution in [0.1, 0.15) is 191 Å². The van der Waals surface area contributed by atoms with Crippen LogP contribution >= 0.6 is 0 Å². The SMILES string of the molecule is CC(C)c1nc2c(n1Cc1cccnc1)C(=O)C(=O)c1ccccc1-2.CC(C)c1nc2c(n1Cc1ccncc1)C(=O)C(=O)c1ccccc1-2.CC(F)(F)c1nc2c([nH]1)C(=O)C(=O)c1ccccc1-2.Cn1c(COc2ccc(F)cc2)nc2c1C(=O)C(=O)c1ccccc1-2.O=C1C(=O)c2[nH]c(COc3ccc(F)cc3)nc2-c2ccccc21. The summed E-state index contributed by atoms with van der Waals surface area (Å²) in [6.45, 7) is 9.93. The summed E-state index contributed by atoms with van der Waals surface area (Å²) in [7, 11) is 1.67. The average Bonchev–Trinajstić information content (AvgIpc) is 1.61. The Morgan fingerprint density at radius 1 is 0.373 bits per heavy atom. The Labute approximate surface area is 668 Å². The molecule has 0 atom stereocenters. The van der Waals surface area contributed by atoms with Crippen LogP contribution in [0.15, 0.2) is 219 Å². The van der Waals surface area contributed by atoms with Crippen LogP contribution in [0, 0.1) is 11.6 Å². The van der Waals surface area contributed by atoms with Crippen molar-refractivity contribution in [3.63, 3.8) is 0 Å². The number of benzene rings is 7. The van der Waals surface area contributed by atoms with Gasteiger partial charge in [0.05, 0.1) is 6.54 Å². The van der Waals surface area contributed by atoms with Gasteiger partial charge in [-0.25, -0.2) is 33.7 Å². The molecule has 0 radical (unpaired) electrons. The summed E-state index contributed by atoms with van der Waals surface area (Å²) in [5.74, 6) is -6.47. The van der Waals surface area contributed by atoms with Crippen LogP contribution in [0.2, 0.25) is 0 Å².